The lowest BCUT2D eigenvalue weighted by atomic mass is 9.97. The number of amides is 2. The molecule has 0 spiro atoms. The number of rotatable bonds is 5. The molecule has 1 heterocycles. The molecule has 0 aliphatic carbocycles. The topological polar surface area (TPSA) is 58.6 Å². The second-order valence-electron chi connectivity index (χ2n) is 6.51. The van der Waals surface area contributed by atoms with Crippen LogP contribution < -0.4 is 10.1 Å². The normalized spacial score (nSPS) is 15.5. The molecule has 1 aromatic rings. The Kier molecular flexibility index (Phi) is 6.44. The quantitative estimate of drug-likeness (QED) is 0.907. The Labute approximate surface area is 138 Å². The number of carbonyl (C=O) groups excluding carboxylic acids is 2. The van der Waals surface area contributed by atoms with E-state index in [2.05, 4.69) is 5.32 Å². The maximum atomic E-state index is 12.1. The number of piperidine rings is 1. The molecule has 1 aliphatic heterocycles. The molecule has 1 aromatic carbocycles. The molecule has 0 bridgehead atoms. The highest BCUT2D eigenvalue weighted by atomic mass is 16.6. The van der Waals surface area contributed by atoms with Gasteiger partial charge in [-0.1, -0.05) is 32.0 Å². The second-order valence-corrected chi connectivity index (χ2v) is 6.51. The average molecular weight is 318 g/mol. The Balaban J connectivity index is 1.69. The maximum Gasteiger partial charge on any atom is 0.415 e. The molecule has 1 saturated heterocycles. The van der Waals surface area contributed by atoms with Crippen LogP contribution >= 0.6 is 0 Å². The monoisotopic (exact) mass is 318 g/mol. The van der Waals surface area contributed by atoms with E-state index in [4.69, 9.17) is 4.74 Å². The number of hydrogen-bond donors (Lipinski definition) is 1. The number of carbonyl (C=O) groups is 2. The van der Waals surface area contributed by atoms with Gasteiger partial charge in [-0.3, -0.25) is 4.79 Å². The van der Waals surface area contributed by atoms with Crippen LogP contribution in [0.4, 0.5) is 4.79 Å². The van der Waals surface area contributed by atoms with Gasteiger partial charge in [-0.25, -0.2) is 4.79 Å². The second kappa shape index (κ2) is 8.56. The summed E-state index contributed by atoms with van der Waals surface area (Å²) in [5.41, 5.74) is 0. The summed E-state index contributed by atoms with van der Waals surface area (Å²) in [5.74, 6) is 1.50. The minimum atomic E-state index is -0.293. The third-order valence-corrected chi connectivity index (χ3v) is 4.00. The molecule has 5 nitrogen and oxygen atoms in total. The van der Waals surface area contributed by atoms with Gasteiger partial charge < -0.3 is 15.0 Å². The van der Waals surface area contributed by atoms with Crippen molar-refractivity contribution in [2.75, 3.05) is 19.6 Å². The zero-order valence-electron chi connectivity index (χ0n) is 14.0. The van der Waals surface area contributed by atoms with Crippen molar-refractivity contribution in [3.05, 3.63) is 30.3 Å². The fourth-order valence-electron chi connectivity index (χ4n) is 2.67. The number of hydrogen-bond acceptors (Lipinski definition) is 3. The first-order chi connectivity index (χ1) is 11.0. The molecular weight excluding hydrogens is 292 g/mol. The molecule has 126 valence electrons. The molecule has 2 rings (SSSR count). The first kappa shape index (κ1) is 17.3. The van der Waals surface area contributed by atoms with Crippen molar-refractivity contribution in [1.82, 2.24) is 10.2 Å². The van der Waals surface area contributed by atoms with Crippen LogP contribution in [0.1, 0.15) is 33.1 Å². The molecule has 0 saturated carbocycles. The van der Waals surface area contributed by atoms with Crippen LogP contribution in [0.2, 0.25) is 0 Å². The van der Waals surface area contributed by atoms with Gasteiger partial charge in [-0.2, -0.15) is 0 Å². The molecule has 1 fully saturated rings. The standard InChI is InChI=1S/C18H26N2O3/c1-14(2)12-17(21)19-13-15-8-10-20(11-9-15)18(22)23-16-6-4-3-5-7-16/h3-7,14-15H,8-13H2,1-2H3,(H,19,21). The third kappa shape index (κ3) is 5.93. The molecule has 1 aliphatic rings. The molecule has 0 radical (unpaired) electrons. The van der Waals surface area contributed by atoms with E-state index in [1.807, 2.05) is 32.0 Å². The molecule has 5 heteroatoms. The van der Waals surface area contributed by atoms with Gasteiger partial charge in [0.05, 0.1) is 0 Å². The Bertz CT molecular complexity index is 508. The number of likely N-dealkylation sites (tertiary alicyclic amines) is 1. The Morgan fingerprint density at radius 3 is 2.48 bits per heavy atom. The number of para-hydroxylation sites is 1. The van der Waals surface area contributed by atoms with Crippen molar-refractivity contribution in [2.24, 2.45) is 11.8 Å². The lowest BCUT2D eigenvalue weighted by Crippen LogP contribution is -2.42. The summed E-state index contributed by atoms with van der Waals surface area (Å²) < 4.78 is 5.35. The summed E-state index contributed by atoms with van der Waals surface area (Å²) >= 11 is 0. The average Bonchev–Trinajstić information content (AvgIpc) is 2.54. The van der Waals surface area contributed by atoms with Crippen molar-refractivity contribution in [3.63, 3.8) is 0 Å². The zero-order valence-corrected chi connectivity index (χ0v) is 14.0. The van der Waals surface area contributed by atoms with E-state index in [1.165, 1.54) is 0 Å². The van der Waals surface area contributed by atoms with Gasteiger partial charge in [0.1, 0.15) is 5.75 Å². The molecule has 23 heavy (non-hydrogen) atoms. The largest absolute Gasteiger partial charge is 0.415 e. The summed E-state index contributed by atoms with van der Waals surface area (Å²) in [6.45, 7) is 6.13. The molecule has 1 N–H and O–H groups in total. The minimum Gasteiger partial charge on any atom is -0.410 e. The van der Waals surface area contributed by atoms with E-state index in [0.717, 1.165) is 12.8 Å². The minimum absolute atomic E-state index is 0.117. The van der Waals surface area contributed by atoms with Gasteiger partial charge >= 0.3 is 6.09 Å². The summed E-state index contributed by atoms with van der Waals surface area (Å²) in [7, 11) is 0. The van der Waals surface area contributed by atoms with Crippen LogP contribution in [0.25, 0.3) is 0 Å². The fourth-order valence-corrected chi connectivity index (χ4v) is 2.67. The van der Waals surface area contributed by atoms with Crippen LogP contribution in [-0.4, -0.2) is 36.5 Å². The van der Waals surface area contributed by atoms with Gasteiger partial charge in [0.25, 0.3) is 0 Å². The molecular formula is C18H26N2O3. The number of nitrogens with one attached hydrogen (secondary N) is 1. The predicted molar refractivity (Wildman–Crippen MR) is 89.2 cm³/mol. The van der Waals surface area contributed by atoms with Crippen molar-refractivity contribution in [1.29, 1.82) is 0 Å². The maximum absolute atomic E-state index is 12.1. The van der Waals surface area contributed by atoms with Crippen molar-refractivity contribution < 1.29 is 14.3 Å². The van der Waals surface area contributed by atoms with Gasteiger partial charge in [0, 0.05) is 26.1 Å². The van der Waals surface area contributed by atoms with E-state index in [1.54, 1.807) is 17.0 Å². The zero-order chi connectivity index (χ0) is 16.7. The summed E-state index contributed by atoms with van der Waals surface area (Å²) in [6.07, 6.45) is 2.07. The fraction of sp³-hybridized carbons (Fsp3) is 0.556. The van der Waals surface area contributed by atoms with Gasteiger partial charge in [-0.15, -0.1) is 0 Å². The number of ether oxygens (including phenoxy) is 1. The van der Waals surface area contributed by atoms with Crippen LogP contribution in [0.15, 0.2) is 30.3 Å². The molecule has 0 aromatic heterocycles. The first-order valence-corrected chi connectivity index (χ1v) is 8.33. The first-order valence-electron chi connectivity index (χ1n) is 8.33. The van der Waals surface area contributed by atoms with E-state index in [-0.39, 0.29) is 12.0 Å². The number of nitrogens with zero attached hydrogens (tertiary/aromatic N) is 1. The smallest absolute Gasteiger partial charge is 0.410 e. The van der Waals surface area contributed by atoms with Crippen LogP contribution in [-0.2, 0) is 4.79 Å². The molecule has 0 atom stereocenters. The van der Waals surface area contributed by atoms with Crippen molar-refractivity contribution >= 4 is 12.0 Å². The SMILES string of the molecule is CC(C)CC(=O)NCC1CCN(C(=O)Oc2ccccc2)CC1. The van der Waals surface area contributed by atoms with E-state index in [0.29, 0.717) is 43.6 Å². The molecule has 2 amide bonds. The van der Waals surface area contributed by atoms with E-state index >= 15 is 0 Å². The molecule has 0 unspecified atom stereocenters. The van der Waals surface area contributed by atoms with Crippen LogP contribution in [0.3, 0.4) is 0 Å². The Morgan fingerprint density at radius 2 is 1.87 bits per heavy atom. The highest BCUT2D eigenvalue weighted by Crippen LogP contribution is 2.18. The lowest BCUT2D eigenvalue weighted by Gasteiger charge is -2.31. The summed E-state index contributed by atoms with van der Waals surface area (Å²) in [6, 6.07) is 9.11. The van der Waals surface area contributed by atoms with Gasteiger partial charge in [0.2, 0.25) is 5.91 Å². The third-order valence-electron chi connectivity index (χ3n) is 4.00. The van der Waals surface area contributed by atoms with Crippen molar-refractivity contribution in [2.45, 2.75) is 33.1 Å². The van der Waals surface area contributed by atoms with Crippen LogP contribution in [0.5, 0.6) is 5.75 Å². The summed E-state index contributed by atoms with van der Waals surface area (Å²) in [5, 5.41) is 2.99. The Hall–Kier alpha value is -2.04. The lowest BCUT2D eigenvalue weighted by molar-refractivity contribution is -0.122. The van der Waals surface area contributed by atoms with Gasteiger partial charge in [-0.05, 0) is 36.8 Å². The highest BCUT2D eigenvalue weighted by Gasteiger charge is 2.24. The Morgan fingerprint density at radius 1 is 1.22 bits per heavy atom. The highest BCUT2D eigenvalue weighted by molar-refractivity contribution is 5.76. The van der Waals surface area contributed by atoms with Crippen molar-refractivity contribution in [3.8, 4) is 5.75 Å². The van der Waals surface area contributed by atoms with E-state index < -0.39 is 0 Å². The number of benzene rings is 1. The van der Waals surface area contributed by atoms with Gasteiger partial charge in [0.15, 0.2) is 0 Å². The summed E-state index contributed by atoms with van der Waals surface area (Å²) in [4.78, 5) is 25.5. The van der Waals surface area contributed by atoms with E-state index in [9.17, 15) is 9.59 Å². The predicted octanol–water partition coefficient (Wildman–Crippen LogP) is 3.06. The van der Waals surface area contributed by atoms with Crippen LogP contribution in [0, 0.1) is 11.8 Å².